The van der Waals surface area contributed by atoms with E-state index in [9.17, 15) is 0 Å². The lowest BCUT2D eigenvalue weighted by Crippen LogP contribution is -2.11. The molecule has 0 atom stereocenters. The van der Waals surface area contributed by atoms with Gasteiger partial charge in [-0.25, -0.2) is 0 Å². The van der Waals surface area contributed by atoms with Gasteiger partial charge in [0.15, 0.2) is 0 Å². The number of para-hydroxylation sites is 3. The maximum atomic E-state index is 6.20. The van der Waals surface area contributed by atoms with E-state index in [1.165, 1.54) is 65.4 Å². The molecule has 0 fully saturated rings. The van der Waals surface area contributed by atoms with E-state index in [0.717, 1.165) is 19.6 Å². The van der Waals surface area contributed by atoms with Gasteiger partial charge in [0.2, 0.25) is 0 Å². The van der Waals surface area contributed by atoms with Crippen LogP contribution >= 0.6 is 0 Å². The van der Waals surface area contributed by atoms with Gasteiger partial charge in [0.1, 0.15) is 0 Å². The van der Waals surface area contributed by atoms with Gasteiger partial charge in [-0.1, -0.05) is 54.6 Å². The Bertz CT molecular complexity index is 1680. The Morgan fingerprint density at radius 3 is 0.972 bits per heavy atom. The second-order valence-corrected chi connectivity index (χ2v) is 9.54. The molecule has 6 nitrogen and oxygen atoms in total. The van der Waals surface area contributed by atoms with Crippen molar-refractivity contribution < 1.29 is 0 Å². The third-order valence-electron chi connectivity index (χ3n) is 7.68. The Morgan fingerprint density at radius 1 is 0.417 bits per heavy atom. The molecule has 0 bridgehead atoms. The molecule has 0 aliphatic rings. The molecule has 0 radical (unpaired) electrons. The summed E-state index contributed by atoms with van der Waals surface area (Å²) in [4.78, 5) is 0. The molecule has 4 aromatic carbocycles. The molecule has 7 aromatic rings. The first-order valence-electron chi connectivity index (χ1n) is 12.7. The normalized spacial score (nSPS) is 12.4. The Morgan fingerprint density at radius 2 is 0.694 bits per heavy atom. The van der Waals surface area contributed by atoms with E-state index in [4.69, 9.17) is 17.2 Å². The molecular formula is C30H30N6. The van der Waals surface area contributed by atoms with Gasteiger partial charge in [-0.15, -0.1) is 0 Å². The van der Waals surface area contributed by atoms with Gasteiger partial charge in [-0.3, -0.25) is 0 Å². The molecule has 0 amide bonds. The zero-order chi connectivity index (χ0) is 24.4. The lowest BCUT2D eigenvalue weighted by atomic mass is 10.0. The summed E-state index contributed by atoms with van der Waals surface area (Å²) >= 11 is 0. The molecule has 0 aliphatic carbocycles. The maximum Gasteiger partial charge on any atom is 0.0615 e. The van der Waals surface area contributed by atoms with E-state index in [-0.39, 0.29) is 0 Å². The van der Waals surface area contributed by atoms with Crippen LogP contribution in [0.25, 0.3) is 65.4 Å². The standard InChI is InChI=1S/C30H30N6/c31-13-16-34-22-10-4-1-7-19(22)25-28(34)26-21-9-3-6-12-24(21)36(18-15-33)30(26)27-20-8-2-5-11-23(20)35(17-14-32)29(25)27/h1-12H,13-18,31-33H2. The van der Waals surface area contributed by atoms with Gasteiger partial charge in [-0.05, 0) is 18.2 Å². The van der Waals surface area contributed by atoms with E-state index >= 15 is 0 Å². The van der Waals surface area contributed by atoms with Crippen LogP contribution in [-0.4, -0.2) is 33.3 Å². The van der Waals surface area contributed by atoms with E-state index in [2.05, 4.69) is 86.5 Å². The Kier molecular flexibility index (Phi) is 4.82. The number of benzene rings is 4. The van der Waals surface area contributed by atoms with E-state index < -0.39 is 0 Å². The first kappa shape index (κ1) is 21.4. The van der Waals surface area contributed by atoms with Crippen LogP contribution in [0.5, 0.6) is 0 Å². The summed E-state index contributed by atoms with van der Waals surface area (Å²) in [5.41, 5.74) is 26.0. The monoisotopic (exact) mass is 474 g/mol. The van der Waals surface area contributed by atoms with Crippen molar-refractivity contribution in [2.45, 2.75) is 19.6 Å². The Hall–Kier alpha value is -3.84. The second-order valence-electron chi connectivity index (χ2n) is 9.54. The predicted molar refractivity (Wildman–Crippen MR) is 153 cm³/mol. The topological polar surface area (TPSA) is 92.8 Å². The fourth-order valence-corrected chi connectivity index (χ4v) is 6.49. The largest absolute Gasteiger partial charge is 0.339 e. The van der Waals surface area contributed by atoms with Gasteiger partial charge in [0.05, 0.1) is 16.6 Å². The molecule has 7 rings (SSSR count). The molecule has 6 heteroatoms. The number of fused-ring (bicyclic) bond motifs is 12. The average Bonchev–Trinajstić information content (AvgIpc) is 3.52. The van der Waals surface area contributed by atoms with Crippen molar-refractivity contribution in [2.24, 2.45) is 17.2 Å². The summed E-state index contributed by atoms with van der Waals surface area (Å²) in [7, 11) is 0. The van der Waals surface area contributed by atoms with Crippen molar-refractivity contribution in [3.8, 4) is 0 Å². The first-order chi connectivity index (χ1) is 17.8. The number of hydrogen-bond acceptors (Lipinski definition) is 3. The van der Waals surface area contributed by atoms with Crippen molar-refractivity contribution in [1.82, 2.24) is 13.7 Å². The van der Waals surface area contributed by atoms with Crippen molar-refractivity contribution >= 4 is 65.4 Å². The molecular weight excluding hydrogens is 444 g/mol. The van der Waals surface area contributed by atoms with Crippen LogP contribution in [0, 0.1) is 0 Å². The number of aromatic nitrogens is 3. The molecule has 3 aromatic heterocycles. The highest BCUT2D eigenvalue weighted by Gasteiger charge is 2.26. The summed E-state index contributed by atoms with van der Waals surface area (Å²) < 4.78 is 7.28. The van der Waals surface area contributed by atoms with Crippen LogP contribution in [0.4, 0.5) is 0 Å². The molecule has 36 heavy (non-hydrogen) atoms. The van der Waals surface area contributed by atoms with Gasteiger partial charge in [0.25, 0.3) is 0 Å². The quantitative estimate of drug-likeness (QED) is 0.320. The van der Waals surface area contributed by atoms with Crippen LogP contribution in [0.15, 0.2) is 72.8 Å². The highest BCUT2D eigenvalue weighted by atomic mass is 15.0. The summed E-state index contributed by atoms with van der Waals surface area (Å²) in [6.45, 7) is 3.95. The van der Waals surface area contributed by atoms with E-state index in [0.29, 0.717) is 19.6 Å². The minimum absolute atomic E-state index is 0.570. The minimum atomic E-state index is 0.570. The van der Waals surface area contributed by atoms with Crippen molar-refractivity contribution in [3.63, 3.8) is 0 Å². The summed E-state index contributed by atoms with van der Waals surface area (Å²) in [5, 5.41) is 7.60. The highest BCUT2D eigenvalue weighted by molar-refractivity contribution is 6.39. The highest BCUT2D eigenvalue weighted by Crippen LogP contribution is 2.47. The van der Waals surface area contributed by atoms with Crippen molar-refractivity contribution in [2.75, 3.05) is 19.6 Å². The first-order valence-corrected chi connectivity index (χ1v) is 12.7. The van der Waals surface area contributed by atoms with Gasteiger partial charge < -0.3 is 30.9 Å². The van der Waals surface area contributed by atoms with E-state index in [1.807, 2.05) is 0 Å². The van der Waals surface area contributed by atoms with Crippen LogP contribution < -0.4 is 17.2 Å². The van der Waals surface area contributed by atoms with Crippen LogP contribution in [-0.2, 0) is 19.6 Å². The molecule has 180 valence electrons. The van der Waals surface area contributed by atoms with Crippen LogP contribution in [0.3, 0.4) is 0 Å². The minimum Gasteiger partial charge on any atom is -0.339 e. The molecule has 0 aliphatic heterocycles. The smallest absolute Gasteiger partial charge is 0.0615 e. The molecule has 0 saturated carbocycles. The molecule has 0 spiro atoms. The van der Waals surface area contributed by atoms with Crippen LogP contribution in [0.2, 0.25) is 0 Å². The summed E-state index contributed by atoms with van der Waals surface area (Å²) in [6, 6.07) is 26.2. The van der Waals surface area contributed by atoms with E-state index in [1.54, 1.807) is 0 Å². The maximum absolute atomic E-state index is 6.20. The number of rotatable bonds is 6. The fourth-order valence-electron chi connectivity index (χ4n) is 6.49. The number of hydrogen-bond donors (Lipinski definition) is 3. The summed E-state index contributed by atoms with van der Waals surface area (Å²) in [5.74, 6) is 0. The van der Waals surface area contributed by atoms with Gasteiger partial charge in [0, 0.05) is 88.1 Å². The Labute approximate surface area is 208 Å². The molecule has 3 heterocycles. The van der Waals surface area contributed by atoms with Gasteiger partial charge >= 0.3 is 0 Å². The lowest BCUT2D eigenvalue weighted by molar-refractivity contribution is 0.753. The zero-order valence-electron chi connectivity index (χ0n) is 20.2. The second kappa shape index (κ2) is 8.10. The van der Waals surface area contributed by atoms with Gasteiger partial charge in [-0.2, -0.15) is 0 Å². The molecule has 0 unspecified atom stereocenters. The third-order valence-corrected chi connectivity index (χ3v) is 7.68. The van der Waals surface area contributed by atoms with Crippen molar-refractivity contribution in [3.05, 3.63) is 72.8 Å². The van der Waals surface area contributed by atoms with Crippen LogP contribution in [0.1, 0.15) is 0 Å². The predicted octanol–water partition coefficient (Wildman–Crippen LogP) is 4.89. The fraction of sp³-hybridized carbons (Fsp3) is 0.200. The summed E-state index contributed by atoms with van der Waals surface area (Å²) in [6.07, 6.45) is 0. The molecule has 6 N–H and O–H groups in total. The Balaban J connectivity index is 1.93. The van der Waals surface area contributed by atoms with Crippen molar-refractivity contribution in [1.29, 1.82) is 0 Å². The number of nitrogens with two attached hydrogens (primary N) is 3. The SMILES string of the molecule is NCCn1c2ccccc2c2c1c1c3ccccc3n(CCN)c1c1c3ccccc3n(CCN)c21. The zero-order valence-corrected chi connectivity index (χ0v) is 20.2. The lowest BCUT2D eigenvalue weighted by Gasteiger charge is -2.12. The third kappa shape index (κ3) is 2.66. The molecule has 0 saturated heterocycles. The average molecular weight is 475 g/mol. The number of nitrogens with zero attached hydrogens (tertiary/aromatic N) is 3.